The first-order valence-corrected chi connectivity index (χ1v) is 7.07. The van der Waals surface area contributed by atoms with Crippen LogP contribution in [0.5, 0.6) is 0 Å². The highest BCUT2D eigenvalue weighted by Gasteiger charge is 2.37. The highest BCUT2D eigenvalue weighted by atomic mass is 16.5. The van der Waals surface area contributed by atoms with Gasteiger partial charge in [-0.3, -0.25) is 4.90 Å². The Kier molecular flexibility index (Phi) is 2.85. The maximum atomic E-state index is 9.93. The SMILES string of the molecule is OC1CC(c2nc(C3CC3)no2)N(Cc2ccco2)C1. The van der Waals surface area contributed by atoms with Crippen molar-refractivity contribution < 1.29 is 14.0 Å². The summed E-state index contributed by atoms with van der Waals surface area (Å²) in [6.45, 7) is 1.25. The predicted molar refractivity (Wildman–Crippen MR) is 68.8 cm³/mol. The summed E-state index contributed by atoms with van der Waals surface area (Å²) >= 11 is 0. The molecule has 1 N–H and O–H groups in total. The molecule has 106 valence electrons. The van der Waals surface area contributed by atoms with E-state index in [1.54, 1.807) is 6.26 Å². The molecule has 6 heteroatoms. The van der Waals surface area contributed by atoms with Gasteiger partial charge in [0.15, 0.2) is 5.82 Å². The summed E-state index contributed by atoms with van der Waals surface area (Å²) in [6, 6.07) is 3.79. The third-order valence-corrected chi connectivity index (χ3v) is 4.01. The predicted octanol–water partition coefficient (Wildman–Crippen LogP) is 1.85. The quantitative estimate of drug-likeness (QED) is 0.917. The molecule has 1 saturated heterocycles. The van der Waals surface area contributed by atoms with Crippen LogP contribution in [0.3, 0.4) is 0 Å². The van der Waals surface area contributed by atoms with E-state index in [4.69, 9.17) is 8.94 Å². The molecular weight excluding hydrogens is 258 g/mol. The minimum Gasteiger partial charge on any atom is -0.468 e. The summed E-state index contributed by atoms with van der Waals surface area (Å²) in [7, 11) is 0. The summed E-state index contributed by atoms with van der Waals surface area (Å²) < 4.78 is 10.8. The van der Waals surface area contributed by atoms with Gasteiger partial charge >= 0.3 is 0 Å². The van der Waals surface area contributed by atoms with Crippen molar-refractivity contribution in [3.63, 3.8) is 0 Å². The normalized spacial score (nSPS) is 27.2. The van der Waals surface area contributed by atoms with Crippen molar-refractivity contribution in [3.05, 3.63) is 35.9 Å². The summed E-state index contributed by atoms with van der Waals surface area (Å²) in [6.07, 6.45) is 4.25. The number of aliphatic hydroxyl groups is 1. The van der Waals surface area contributed by atoms with Gasteiger partial charge in [0, 0.05) is 12.5 Å². The van der Waals surface area contributed by atoms with Gasteiger partial charge in [-0.25, -0.2) is 0 Å². The van der Waals surface area contributed by atoms with E-state index < -0.39 is 0 Å². The van der Waals surface area contributed by atoms with Gasteiger partial charge in [0.05, 0.1) is 25.0 Å². The van der Waals surface area contributed by atoms with Crippen molar-refractivity contribution in [3.8, 4) is 0 Å². The number of hydrogen-bond acceptors (Lipinski definition) is 6. The fourth-order valence-electron chi connectivity index (χ4n) is 2.80. The van der Waals surface area contributed by atoms with E-state index in [-0.39, 0.29) is 12.1 Å². The van der Waals surface area contributed by atoms with Crippen molar-refractivity contribution in [2.24, 2.45) is 0 Å². The van der Waals surface area contributed by atoms with Gasteiger partial charge in [-0.15, -0.1) is 0 Å². The molecule has 6 nitrogen and oxygen atoms in total. The maximum Gasteiger partial charge on any atom is 0.244 e. The van der Waals surface area contributed by atoms with Crippen molar-refractivity contribution in [2.75, 3.05) is 6.54 Å². The molecule has 2 aromatic rings. The second kappa shape index (κ2) is 4.71. The van der Waals surface area contributed by atoms with Gasteiger partial charge in [-0.2, -0.15) is 4.98 Å². The van der Waals surface area contributed by atoms with Crippen LogP contribution >= 0.6 is 0 Å². The van der Waals surface area contributed by atoms with Crippen LogP contribution in [0, 0.1) is 0 Å². The molecule has 20 heavy (non-hydrogen) atoms. The maximum absolute atomic E-state index is 9.93. The van der Waals surface area contributed by atoms with Crippen LogP contribution in [0.2, 0.25) is 0 Å². The molecule has 2 aliphatic rings. The lowest BCUT2D eigenvalue weighted by Gasteiger charge is -2.19. The molecule has 1 aliphatic carbocycles. The highest BCUT2D eigenvalue weighted by Crippen LogP contribution is 2.40. The fourth-order valence-corrected chi connectivity index (χ4v) is 2.80. The van der Waals surface area contributed by atoms with Crippen LogP contribution in [0.25, 0.3) is 0 Å². The number of rotatable bonds is 4. The van der Waals surface area contributed by atoms with E-state index in [0.29, 0.717) is 31.3 Å². The number of hydrogen-bond donors (Lipinski definition) is 1. The van der Waals surface area contributed by atoms with Crippen LogP contribution < -0.4 is 0 Å². The van der Waals surface area contributed by atoms with Gasteiger partial charge in [0.2, 0.25) is 5.89 Å². The minimum absolute atomic E-state index is 0.0184. The highest BCUT2D eigenvalue weighted by molar-refractivity contribution is 5.07. The Bertz CT molecular complexity index is 576. The van der Waals surface area contributed by atoms with Crippen LogP contribution in [0.4, 0.5) is 0 Å². The largest absolute Gasteiger partial charge is 0.468 e. The van der Waals surface area contributed by atoms with Crippen molar-refractivity contribution in [1.82, 2.24) is 15.0 Å². The van der Waals surface area contributed by atoms with E-state index in [0.717, 1.165) is 24.4 Å². The number of β-amino-alcohol motifs (C(OH)–C–C–N with tert-alkyl or cyclic N) is 1. The summed E-state index contributed by atoms with van der Waals surface area (Å²) in [5.74, 6) is 2.80. The molecule has 0 amide bonds. The first kappa shape index (κ1) is 12.1. The Morgan fingerprint density at radius 2 is 2.30 bits per heavy atom. The Labute approximate surface area is 116 Å². The molecule has 4 rings (SSSR count). The third kappa shape index (κ3) is 2.25. The summed E-state index contributed by atoms with van der Waals surface area (Å²) in [4.78, 5) is 6.64. The Hall–Kier alpha value is -1.66. The van der Waals surface area contributed by atoms with Crippen LogP contribution in [-0.2, 0) is 6.54 Å². The third-order valence-electron chi connectivity index (χ3n) is 4.01. The molecule has 0 bridgehead atoms. The van der Waals surface area contributed by atoms with E-state index in [9.17, 15) is 5.11 Å². The van der Waals surface area contributed by atoms with Crippen LogP contribution in [0.1, 0.15) is 48.7 Å². The van der Waals surface area contributed by atoms with Gasteiger partial charge in [0.25, 0.3) is 0 Å². The summed E-state index contributed by atoms with van der Waals surface area (Å²) in [5, 5.41) is 14.0. The molecule has 3 heterocycles. The molecule has 1 saturated carbocycles. The molecule has 2 unspecified atom stereocenters. The van der Waals surface area contributed by atoms with Gasteiger partial charge in [0.1, 0.15) is 5.76 Å². The average molecular weight is 275 g/mol. The zero-order chi connectivity index (χ0) is 13.5. The van der Waals surface area contributed by atoms with Gasteiger partial charge < -0.3 is 14.0 Å². The Morgan fingerprint density at radius 3 is 3.05 bits per heavy atom. The Balaban J connectivity index is 1.54. The van der Waals surface area contributed by atoms with Crippen molar-refractivity contribution >= 4 is 0 Å². The lowest BCUT2D eigenvalue weighted by molar-refractivity contribution is 0.163. The van der Waals surface area contributed by atoms with Crippen LogP contribution in [-0.4, -0.2) is 32.8 Å². The monoisotopic (exact) mass is 275 g/mol. The number of nitrogens with zero attached hydrogens (tertiary/aromatic N) is 3. The second-order valence-electron chi connectivity index (χ2n) is 5.68. The number of aromatic nitrogens is 2. The van der Waals surface area contributed by atoms with Gasteiger partial charge in [-0.05, 0) is 31.4 Å². The van der Waals surface area contributed by atoms with Crippen molar-refractivity contribution in [2.45, 2.75) is 43.9 Å². The lowest BCUT2D eigenvalue weighted by atomic mass is 10.2. The molecule has 2 fully saturated rings. The lowest BCUT2D eigenvalue weighted by Crippen LogP contribution is -2.24. The fraction of sp³-hybridized carbons (Fsp3) is 0.571. The number of likely N-dealkylation sites (tertiary alicyclic amines) is 1. The molecular formula is C14H17N3O3. The average Bonchev–Trinajstić information content (AvgIpc) is 2.87. The standard InChI is InChI=1S/C14H17N3O3/c18-10-6-12(14-15-13(16-20-14)9-3-4-9)17(7-10)8-11-2-1-5-19-11/h1-2,5,9-10,12,18H,3-4,6-8H2. The molecule has 0 aromatic carbocycles. The minimum atomic E-state index is -0.355. The zero-order valence-corrected chi connectivity index (χ0v) is 11.1. The molecule has 2 atom stereocenters. The molecule has 2 aromatic heterocycles. The summed E-state index contributed by atoms with van der Waals surface area (Å²) in [5.41, 5.74) is 0. The van der Waals surface area contributed by atoms with Crippen LogP contribution in [0.15, 0.2) is 27.3 Å². The molecule has 0 spiro atoms. The topological polar surface area (TPSA) is 75.5 Å². The first-order chi connectivity index (χ1) is 9.79. The van der Waals surface area contributed by atoms with E-state index in [1.165, 1.54) is 0 Å². The van der Waals surface area contributed by atoms with E-state index in [1.807, 2.05) is 12.1 Å². The van der Waals surface area contributed by atoms with E-state index >= 15 is 0 Å². The smallest absolute Gasteiger partial charge is 0.244 e. The van der Waals surface area contributed by atoms with E-state index in [2.05, 4.69) is 15.0 Å². The number of aliphatic hydroxyl groups excluding tert-OH is 1. The molecule has 0 radical (unpaired) electrons. The Morgan fingerprint density at radius 1 is 1.40 bits per heavy atom. The first-order valence-electron chi connectivity index (χ1n) is 7.07. The number of furan rings is 1. The zero-order valence-electron chi connectivity index (χ0n) is 11.1. The van der Waals surface area contributed by atoms with Crippen molar-refractivity contribution in [1.29, 1.82) is 0 Å². The van der Waals surface area contributed by atoms with Gasteiger partial charge in [-0.1, -0.05) is 5.16 Å². The second-order valence-corrected chi connectivity index (χ2v) is 5.68. The molecule has 1 aliphatic heterocycles.